The number of ketones is 1. The predicted molar refractivity (Wildman–Crippen MR) is 160 cm³/mol. The number of ether oxygens (including phenoxy) is 1. The first-order chi connectivity index (χ1) is 19.3. The third-order valence-electron chi connectivity index (χ3n) is 6.05. The SMILES string of the molecule is CCOc1ccc(/C(O)=C2/C(=O)C(=O)N(c3nnc(SCc4ccccc4Cl)s3)C2c2ccc(Cl)cc2Cl)cc1. The molecule has 1 atom stereocenters. The third kappa shape index (κ3) is 5.70. The zero-order valence-electron chi connectivity index (χ0n) is 20.8. The first kappa shape index (κ1) is 28.4. The molecule has 40 heavy (non-hydrogen) atoms. The Balaban J connectivity index is 1.55. The van der Waals surface area contributed by atoms with Crippen LogP contribution in [-0.4, -0.2) is 33.6 Å². The van der Waals surface area contributed by atoms with Gasteiger partial charge in [0.25, 0.3) is 5.78 Å². The summed E-state index contributed by atoms with van der Waals surface area (Å²) in [6.45, 7) is 2.34. The standard InChI is InChI=1S/C28H20Cl3N3O4S2/c1-2-38-18-10-7-15(8-11-18)24(35)22-23(19-12-9-17(29)13-21(19)31)34(26(37)25(22)36)27-32-33-28(40-27)39-14-16-5-3-4-6-20(16)30/h3-13,23,35H,2,14H2,1H3/b24-22-. The van der Waals surface area contributed by atoms with Gasteiger partial charge in [0, 0.05) is 26.4 Å². The van der Waals surface area contributed by atoms with Crippen LogP contribution in [-0.2, 0) is 15.3 Å². The summed E-state index contributed by atoms with van der Waals surface area (Å²) >= 11 is 21.5. The van der Waals surface area contributed by atoms with Gasteiger partial charge < -0.3 is 9.84 Å². The Kier molecular flexibility index (Phi) is 8.68. The molecule has 0 spiro atoms. The topological polar surface area (TPSA) is 92.6 Å². The quantitative estimate of drug-likeness (QED) is 0.0696. The van der Waals surface area contributed by atoms with Gasteiger partial charge in [-0.2, -0.15) is 0 Å². The Morgan fingerprint density at radius 3 is 2.48 bits per heavy atom. The van der Waals surface area contributed by atoms with Gasteiger partial charge in [-0.05, 0) is 60.5 Å². The summed E-state index contributed by atoms with van der Waals surface area (Å²) in [5.74, 6) is -0.937. The van der Waals surface area contributed by atoms with Crippen LogP contribution in [0.1, 0.15) is 29.7 Å². The van der Waals surface area contributed by atoms with Gasteiger partial charge in [0.1, 0.15) is 11.5 Å². The normalized spacial score (nSPS) is 16.5. The number of thioether (sulfide) groups is 1. The minimum absolute atomic E-state index is 0.126. The van der Waals surface area contributed by atoms with E-state index in [2.05, 4.69) is 10.2 Å². The maximum Gasteiger partial charge on any atom is 0.301 e. The Hall–Kier alpha value is -3.08. The summed E-state index contributed by atoms with van der Waals surface area (Å²) in [5.41, 5.74) is 1.54. The molecule has 1 N–H and O–H groups in total. The van der Waals surface area contributed by atoms with Crippen molar-refractivity contribution in [2.24, 2.45) is 0 Å². The van der Waals surface area contributed by atoms with Crippen LogP contribution < -0.4 is 9.64 Å². The smallest absolute Gasteiger partial charge is 0.301 e. The van der Waals surface area contributed by atoms with Crippen molar-refractivity contribution in [1.82, 2.24) is 10.2 Å². The molecule has 1 amide bonds. The van der Waals surface area contributed by atoms with Crippen LogP contribution in [0, 0.1) is 0 Å². The van der Waals surface area contributed by atoms with Crippen LogP contribution in [0.5, 0.6) is 5.75 Å². The highest BCUT2D eigenvalue weighted by Gasteiger charge is 2.49. The number of amides is 1. The number of aromatic nitrogens is 2. The van der Waals surface area contributed by atoms with Gasteiger partial charge in [0.05, 0.1) is 18.2 Å². The molecule has 1 saturated heterocycles. The first-order valence-electron chi connectivity index (χ1n) is 12.0. The number of rotatable bonds is 8. The molecule has 1 aliphatic rings. The number of nitrogens with zero attached hydrogens (tertiary/aromatic N) is 3. The highest BCUT2D eigenvalue weighted by molar-refractivity contribution is 8.00. The fourth-order valence-electron chi connectivity index (χ4n) is 4.19. The second-order valence-corrected chi connectivity index (χ2v) is 12.0. The van der Waals surface area contributed by atoms with E-state index in [1.54, 1.807) is 36.4 Å². The summed E-state index contributed by atoms with van der Waals surface area (Å²) in [7, 11) is 0. The molecule has 0 radical (unpaired) electrons. The second kappa shape index (κ2) is 12.2. The molecule has 204 valence electrons. The second-order valence-electron chi connectivity index (χ2n) is 8.52. The average Bonchev–Trinajstić information content (AvgIpc) is 3.50. The molecule has 12 heteroatoms. The zero-order chi connectivity index (χ0) is 28.4. The molecule has 3 aromatic carbocycles. The largest absolute Gasteiger partial charge is 0.507 e. The van der Waals surface area contributed by atoms with E-state index in [1.807, 2.05) is 31.2 Å². The zero-order valence-corrected chi connectivity index (χ0v) is 24.7. The van der Waals surface area contributed by atoms with Crippen molar-refractivity contribution in [1.29, 1.82) is 0 Å². The minimum Gasteiger partial charge on any atom is -0.507 e. The summed E-state index contributed by atoms with van der Waals surface area (Å²) in [6, 6.07) is 17.7. The molecule has 0 bridgehead atoms. The van der Waals surface area contributed by atoms with E-state index in [0.717, 1.165) is 16.9 Å². The molecule has 1 aliphatic heterocycles. The van der Waals surface area contributed by atoms with Gasteiger partial charge in [-0.1, -0.05) is 82.2 Å². The van der Waals surface area contributed by atoms with E-state index < -0.39 is 17.7 Å². The van der Waals surface area contributed by atoms with Crippen LogP contribution in [0.15, 0.2) is 76.6 Å². The van der Waals surface area contributed by atoms with Gasteiger partial charge in [0.15, 0.2) is 4.34 Å². The van der Waals surface area contributed by atoms with Gasteiger partial charge in [-0.15, -0.1) is 10.2 Å². The molecule has 0 aliphatic carbocycles. The van der Waals surface area contributed by atoms with Crippen LogP contribution in [0.3, 0.4) is 0 Å². The number of halogens is 3. The molecule has 1 aromatic heterocycles. The van der Waals surface area contributed by atoms with Gasteiger partial charge in [-0.3, -0.25) is 14.5 Å². The van der Waals surface area contributed by atoms with Crippen LogP contribution in [0.4, 0.5) is 5.13 Å². The number of aliphatic hydroxyl groups is 1. The first-order valence-corrected chi connectivity index (χ1v) is 14.9. The molecule has 5 rings (SSSR count). The number of hydrogen-bond acceptors (Lipinski definition) is 8. The average molecular weight is 633 g/mol. The number of anilines is 1. The summed E-state index contributed by atoms with van der Waals surface area (Å²) < 4.78 is 6.05. The van der Waals surface area contributed by atoms with E-state index in [0.29, 0.717) is 43.6 Å². The van der Waals surface area contributed by atoms with Crippen LogP contribution >= 0.6 is 57.9 Å². The van der Waals surface area contributed by atoms with Crippen molar-refractivity contribution in [3.8, 4) is 5.75 Å². The lowest BCUT2D eigenvalue weighted by atomic mass is 9.95. The van der Waals surface area contributed by atoms with Crippen molar-refractivity contribution < 1.29 is 19.4 Å². The maximum atomic E-state index is 13.4. The number of carbonyl (C=O) groups is 2. The van der Waals surface area contributed by atoms with E-state index in [9.17, 15) is 14.7 Å². The monoisotopic (exact) mass is 631 g/mol. The highest BCUT2D eigenvalue weighted by atomic mass is 35.5. The Bertz CT molecular complexity index is 1630. The lowest BCUT2D eigenvalue weighted by Crippen LogP contribution is -2.29. The summed E-state index contributed by atoms with van der Waals surface area (Å²) in [4.78, 5) is 28.1. The molecule has 2 heterocycles. The Labute approximate surface area is 253 Å². The van der Waals surface area contributed by atoms with Crippen molar-refractivity contribution in [2.45, 2.75) is 23.1 Å². The lowest BCUT2D eigenvalue weighted by molar-refractivity contribution is -0.132. The van der Waals surface area contributed by atoms with Crippen molar-refractivity contribution in [2.75, 3.05) is 11.5 Å². The molecule has 4 aromatic rings. The number of hydrogen-bond donors (Lipinski definition) is 1. The number of carbonyl (C=O) groups excluding carboxylic acids is 2. The molecule has 1 unspecified atom stereocenters. The number of Topliss-reactive ketones (excluding diaryl/α,β-unsaturated/α-hetero) is 1. The fourth-order valence-corrected chi connectivity index (χ4v) is 6.86. The number of benzene rings is 3. The Morgan fingerprint density at radius 2 is 1.77 bits per heavy atom. The van der Waals surface area contributed by atoms with E-state index in [1.165, 1.54) is 22.7 Å². The summed E-state index contributed by atoms with van der Waals surface area (Å²) in [6.07, 6.45) is 0. The van der Waals surface area contributed by atoms with Crippen molar-refractivity contribution >= 4 is 80.5 Å². The van der Waals surface area contributed by atoms with Gasteiger partial charge >= 0.3 is 5.91 Å². The van der Waals surface area contributed by atoms with Crippen molar-refractivity contribution in [3.63, 3.8) is 0 Å². The summed E-state index contributed by atoms with van der Waals surface area (Å²) in [5, 5.41) is 21.2. The van der Waals surface area contributed by atoms with E-state index in [4.69, 9.17) is 39.5 Å². The van der Waals surface area contributed by atoms with Gasteiger partial charge in [-0.25, -0.2) is 0 Å². The molecule has 0 saturated carbocycles. The minimum atomic E-state index is -1.06. The highest BCUT2D eigenvalue weighted by Crippen LogP contribution is 2.46. The van der Waals surface area contributed by atoms with E-state index >= 15 is 0 Å². The van der Waals surface area contributed by atoms with E-state index in [-0.39, 0.29) is 21.5 Å². The maximum absolute atomic E-state index is 13.4. The molecule has 7 nitrogen and oxygen atoms in total. The fraction of sp³-hybridized carbons (Fsp3) is 0.143. The van der Waals surface area contributed by atoms with Gasteiger partial charge in [0.2, 0.25) is 5.13 Å². The molecular formula is C28H20Cl3N3O4S2. The molecular weight excluding hydrogens is 613 g/mol. The third-order valence-corrected chi connectivity index (χ3v) is 9.09. The molecule has 1 fully saturated rings. The predicted octanol–water partition coefficient (Wildman–Crippen LogP) is 7.82. The van der Waals surface area contributed by atoms with Crippen LogP contribution in [0.2, 0.25) is 15.1 Å². The van der Waals surface area contributed by atoms with Crippen LogP contribution in [0.25, 0.3) is 5.76 Å². The number of aliphatic hydroxyl groups excluding tert-OH is 1. The lowest BCUT2D eigenvalue weighted by Gasteiger charge is -2.23. The Morgan fingerprint density at radius 1 is 1.02 bits per heavy atom. The van der Waals surface area contributed by atoms with Crippen molar-refractivity contribution in [3.05, 3.63) is 104 Å².